The third kappa shape index (κ3) is 4.92. The van der Waals surface area contributed by atoms with Gasteiger partial charge in [-0.05, 0) is 37.1 Å². The highest BCUT2D eigenvalue weighted by Gasteiger charge is 2.30. The summed E-state index contributed by atoms with van der Waals surface area (Å²) in [7, 11) is 1.43. The molecule has 2 saturated heterocycles. The first-order valence-corrected chi connectivity index (χ1v) is 10.8. The minimum atomic E-state index is -0.441. The number of hydrogen-bond donors (Lipinski definition) is 0. The fourth-order valence-electron chi connectivity index (χ4n) is 4.41. The van der Waals surface area contributed by atoms with Crippen molar-refractivity contribution in [3.63, 3.8) is 0 Å². The molecule has 0 N–H and O–H groups in total. The van der Waals surface area contributed by atoms with Crippen molar-refractivity contribution in [3.05, 3.63) is 29.3 Å². The highest BCUT2D eigenvalue weighted by molar-refractivity contribution is 5.83. The Morgan fingerprint density at radius 1 is 1.13 bits per heavy atom. The lowest BCUT2D eigenvalue weighted by atomic mass is 10.0. The summed E-state index contributed by atoms with van der Waals surface area (Å²) in [5.74, 6) is 0.459. The number of methoxy groups -OCH3 is 1. The Labute approximate surface area is 181 Å². The van der Waals surface area contributed by atoms with Crippen molar-refractivity contribution in [2.45, 2.75) is 38.4 Å². The van der Waals surface area contributed by atoms with Crippen molar-refractivity contribution in [2.75, 3.05) is 46.5 Å². The standard InChI is InChI=1S/C22H29N3O6/c1-29-21(27)18-4-2-3-7-23(18)13-16-5-6-19-17(12-16)14-24(8-10-30-19)20(26)15-25-9-11-31-22(25)28/h5-6,12,18H,2-4,7-11,13-15H2,1H3. The van der Waals surface area contributed by atoms with Crippen LogP contribution in [0.25, 0.3) is 0 Å². The Morgan fingerprint density at radius 2 is 1.97 bits per heavy atom. The van der Waals surface area contributed by atoms with Crippen molar-refractivity contribution in [2.24, 2.45) is 0 Å². The molecule has 0 spiro atoms. The molecule has 9 nitrogen and oxygen atoms in total. The third-order valence-electron chi connectivity index (χ3n) is 6.10. The van der Waals surface area contributed by atoms with Crippen LogP contribution in [-0.4, -0.2) is 85.2 Å². The van der Waals surface area contributed by atoms with Gasteiger partial charge in [-0.15, -0.1) is 0 Å². The molecule has 3 aliphatic rings. The van der Waals surface area contributed by atoms with E-state index in [1.807, 2.05) is 18.2 Å². The van der Waals surface area contributed by atoms with Crippen LogP contribution >= 0.6 is 0 Å². The first-order valence-electron chi connectivity index (χ1n) is 10.8. The van der Waals surface area contributed by atoms with Gasteiger partial charge in [0.15, 0.2) is 0 Å². The normalized spacial score (nSPS) is 21.7. The number of fused-ring (bicyclic) bond motifs is 1. The lowest BCUT2D eigenvalue weighted by Gasteiger charge is -2.33. The van der Waals surface area contributed by atoms with Gasteiger partial charge in [0.2, 0.25) is 5.91 Å². The van der Waals surface area contributed by atoms with Crippen LogP contribution in [0.5, 0.6) is 5.75 Å². The molecule has 2 amide bonds. The summed E-state index contributed by atoms with van der Waals surface area (Å²) in [6.45, 7) is 3.55. The van der Waals surface area contributed by atoms with Gasteiger partial charge in [-0.3, -0.25) is 19.4 Å². The SMILES string of the molecule is COC(=O)C1CCCCN1Cc1ccc2c(c1)CN(C(=O)CN1CCOC1=O)CCO2. The zero-order valence-corrected chi connectivity index (χ0v) is 17.9. The molecule has 0 aliphatic carbocycles. The lowest BCUT2D eigenvalue weighted by molar-refractivity contribution is -0.148. The van der Waals surface area contributed by atoms with E-state index in [-0.39, 0.29) is 24.5 Å². The van der Waals surface area contributed by atoms with E-state index < -0.39 is 6.09 Å². The summed E-state index contributed by atoms with van der Waals surface area (Å²) in [4.78, 5) is 41.9. The predicted octanol–water partition coefficient (Wildman–Crippen LogP) is 1.39. The Bertz CT molecular complexity index is 845. The molecule has 3 aliphatic heterocycles. The van der Waals surface area contributed by atoms with Crippen LogP contribution in [0.15, 0.2) is 18.2 Å². The Morgan fingerprint density at radius 3 is 2.74 bits per heavy atom. The molecule has 3 heterocycles. The third-order valence-corrected chi connectivity index (χ3v) is 6.10. The van der Waals surface area contributed by atoms with Crippen LogP contribution in [-0.2, 0) is 32.2 Å². The van der Waals surface area contributed by atoms with Gasteiger partial charge in [-0.1, -0.05) is 12.5 Å². The second-order valence-corrected chi connectivity index (χ2v) is 8.15. The molecule has 31 heavy (non-hydrogen) atoms. The smallest absolute Gasteiger partial charge is 0.410 e. The van der Waals surface area contributed by atoms with Gasteiger partial charge in [0.25, 0.3) is 0 Å². The maximum absolute atomic E-state index is 12.8. The molecular formula is C22H29N3O6. The molecule has 1 aromatic rings. The first kappa shape index (κ1) is 21.4. The van der Waals surface area contributed by atoms with Crippen LogP contribution < -0.4 is 4.74 Å². The Kier molecular flexibility index (Phi) is 6.60. The molecule has 9 heteroatoms. The van der Waals surface area contributed by atoms with E-state index >= 15 is 0 Å². The predicted molar refractivity (Wildman–Crippen MR) is 110 cm³/mol. The van der Waals surface area contributed by atoms with Gasteiger partial charge in [0.1, 0.15) is 31.5 Å². The van der Waals surface area contributed by atoms with E-state index in [4.69, 9.17) is 14.2 Å². The van der Waals surface area contributed by atoms with E-state index in [0.717, 1.165) is 42.7 Å². The van der Waals surface area contributed by atoms with Crippen molar-refractivity contribution < 1.29 is 28.6 Å². The number of likely N-dealkylation sites (tertiary alicyclic amines) is 1. The number of esters is 1. The number of rotatable bonds is 5. The van der Waals surface area contributed by atoms with Crippen molar-refractivity contribution in [3.8, 4) is 5.75 Å². The molecule has 1 aromatic carbocycles. The zero-order chi connectivity index (χ0) is 21.8. The van der Waals surface area contributed by atoms with Crippen molar-refractivity contribution in [1.29, 1.82) is 0 Å². The summed E-state index contributed by atoms with van der Waals surface area (Å²) in [6.07, 6.45) is 2.45. The number of hydrogen-bond acceptors (Lipinski definition) is 7. The van der Waals surface area contributed by atoms with Gasteiger partial charge < -0.3 is 19.1 Å². The highest BCUT2D eigenvalue weighted by Crippen LogP contribution is 2.27. The van der Waals surface area contributed by atoms with E-state index in [0.29, 0.717) is 39.4 Å². The van der Waals surface area contributed by atoms with Gasteiger partial charge >= 0.3 is 12.1 Å². The second-order valence-electron chi connectivity index (χ2n) is 8.15. The first-order chi connectivity index (χ1) is 15.0. The largest absolute Gasteiger partial charge is 0.491 e. The molecule has 0 saturated carbocycles. The average molecular weight is 431 g/mol. The summed E-state index contributed by atoms with van der Waals surface area (Å²) in [6, 6.07) is 5.79. The Hall–Kier alpha value is -2.81. The molecule has 4 rings (SSSR count). The monoisotopic (exact) mass is 431 g/mol. The van der Waals surface area contributed by atoms with Gasteiger partial charge in [0.05, 0.1) is 20.2 Å². The summed E-state index contributed by atoms with van der Waals surface area (Å²) in [5.41, 5.74) is 1.99. The number of nitrogens with zero attached hydrogens (tertiary/aromatic N) is 3. The van der Waals surface area contributed by atoms with Crippen LogP contribution in [0, 0.1) is 0 Å². The fraction of sp³-hybridized carbons (Fsp3) is 0.591. The number of ether oxygens (including phenoxy) is 3. The zero-order valence-electron chi connectivity index (χ0n) is 17.9. The van der Waals surface area contributed by atoms with Crippen LogP contribution in [0.1, 0.15) is 30.4 Å². The molecule has 168 valence electrons. The molecule has 1 atom stereocenters. The van der Waals surface area contributed by atoms with Crippen LogP contribution in [0.4, 0.5) is 4.79 Å². The summed E-state index contributed by atoms with van der Waals surface area (Å²) >= 11 is 0. The van der Waals surface area contributed by atoms with E-state index in [1.165, 1.54) is 12.0 Å². The maximum Gasteiger partial charge on any atom is 0.410 e. The number of carbonyl (C=O) groups excluding carboxylic acids is 3. The number of benzene rings is 1. The second kappa shape index (κ2) is 9.55. The fourth-order valence-corrected chi connectivity index (χ4v) is 4.41. The number of carbonyl (C=O) groups is 3. The number of cyclic esters (lactones) is 1. The van der Waals surface area contributed by atoms with Crippen molar-refractivity contribution >= 4 is 18.0 Å². The van der Waals surface area contributed by atoms with Crippen molar-refractivity contribution in [1.82, 2.24) is 14.7 Å². The molecule has 0 radical (unpaired) electrons. The number of piperidine rings is 1. The van der Waals surface area contributed by atoms with Crippen LogP contribution in [0.2, 0.25) is 0 Å². The maximum atomic E-state index is 12.8. The molecule has 0 bridgehead atoms. The van der Waals surface area contributed by atoms with Gasteiger partial charge in [0, 0.05) is 18.7 Å². The number of amides is 2. The molecule has 2 fully saturated rings. The van der Waals surface area contributed by atoms with Gasteiger partial charge in [-0.2, -0.15) is 0 Å². The minimum Gasteiger partial charge on any atom is -0.491 e. The Balaban J connectivity index is 1.45. The average Bonchev–Trinajstić information content (AvgIpc) is 3.05. The minimum absolute atomic E-state index is 0.0163. The topological polar surface area (TPSA) is 88.6 Å². The lowest BCUT2D eigenvalue weighted by Crippen LogP contribution is -2.44. The quantitative estimate of drug-likeness (QED) is 0.651. The van der Waals surface area contributed by atoms with E-state index in [9.17, 15) is 14.4 Å². The summed E-state index contributed by atoms with van der Waals surface area (Å²) < 4.78 is 15.8. The van der Waals surface area contributed by atoms with Gasteiger partial charge in [-0.25, -0.2) is 4.79 Å². The summed E-state index contributed by atoms with van der Waals surface area (Å²) in [5, 5.41) is 0. The molecule has 1 unspecified atom stereocenters. The van der Waals surface area contributed by atoms with Crippen LogP contribution in [0.3, 0.4) is 0 Å². The molecule has 0 aromatic heterocycles. The molecular weight excluding hydrogens is 402 g/mol. The van der Waals surface area contributed by atoms with E-state index in [1.54, 1.807) is 4.90 Å². The highest BCUT2D eigenvalue weighted by atomic mass is 16.6. The van der Waals surface area contributed by atoms with E-state index in [2.05, 4.69) is 4.90 Å².